The molecule has 0 spiro atoms. The summed E-state index contributed by atoms with van der Waals surface area (Å²) in [6.45, 7) is 4.32. The van der Waals surface area contributed by atoms with Crippen molar-refractivity contribution >= 4 is 39.7 Å². The van der Waals surface area contributed by atoms with Crippen LogP contribution in [0.5, 0.6) is 0 Å². The molecule has 0 radical (unpaired) electrons. The van der Waals surface area contributed by atoms with Gasteiger partial charge in [0.15, 0.2) is 5.13 Å². The average molecular weight is 435 g/mol. The topological polar surface area (TPSA) is 42.7 Å². The van der Waals surface area contributed by atoms with E-state index >= 15 is 0 Å². The summed E-state index contributed by atoms with van der Waals surface area (Å²) in [7, 11) is 2.08. The van der Waals surface area contributed by atoms with Gasteiger partial charge in [-0.2, -0.15) is 0 Å². The molecule has 4 nitrogen and oxygen atoms in total. The van der Waals surface area contributed by atoms with Crippen molar-refractivity contribution in [1.82, 2.24) is 14.5 Å². The van der Waals surface area contributed by atoms with E-state index in [1.165, 1.54) is 18.5 Å². The molecule has 28 heavy (non-hydrogen) atoms. The molecule has 148 valence electrons. The van der Waals surface area contributed by atoms with Crippen LogP contribution < -0.4 is 5.32 Å². The number of thiazole rings is 1. The maximum Gasteiger partial charge on any atom is 0.183 e. The molecule has 0 saturated heterocycles. The molecular weight excluding hydrogens is 411 g/mol. The van der Waals surface area contributed by atoms with E-state index in [0.717, 1.165) is 33.6 Å². The molecule has 2 unspecified atom stereocenters. The van der Waals surface area contributed by atoms with Crippen molar-refractivity contribution in [2.45, 2.75) is 45.1 Å². The molecule has 1 aromatic carbocycles. The van der Waals surface area contributed by atoms with Crippen LogP contribution in [0.2, 0.25) is 10.0 Å². The summed E-state index contributed by atoms with van der Waals surface area (Å²) < 4.78 is 2.15. The van der Waals surface area contributed by atoms with Crippen molar-refractivity contribution in [2.75, 3.05) is 5.32 Å². The number of aryl methyl sites for hydroxylation is 2. The number of imidazole rings is 1. The van der Waals surface area contributed by atoms with Crippen molar-refractivity contribution in [2.24, 2.45) is 13.0 Å². The van der Waals surface area contributed by atoms with Crippen molar-refractivity contribution in [1.29, 1.82) is 0 Å². The first-order chi connectivity index (χ1) is 13.5. The number of anilines is 1. The fourth-order valence-corrected chi connectivity index (χ4v) is 5.30. The summed E-state index contributed by atoms with van der Waals surface area (Å²) in [5.74, 6) is 1.17. The largest absolute Gasteiger partial charge is 0.358 e. The Morgan fingerprint density at radius 3 is 2.71 bits per heavy atom. The maximum absolute atomic E-state index is 6.41. The van der Waals surface area contributed by atoms with Gasteiger partial charge in [-0.1, -0.05) is 30.1 Å². The van der Waals surface area contributed by atoms with Gasteiger partial charge >= 0.3 is 0 Å². The van der Waals surface area contributed by atoms with Gasteiger partial charge in [0.05, 0.1) is 17.0 Å². The van der Waals surface area contributed by atoms with Crippen LogP contribution in [-0.2, 0) is 7.05 Å². The molecule has 2 heterocycles. The number of nitrogens with one attached hydrogen (secondary N) is 1. The lowest BCUT2D eigenvalue weighted by molar-refractivity contribution is 0.475. The Bertz CT molecular complexity index is 977. The molecule has 1 N–H and O–H groups in total. The fraction of sp³-hybridized carbons (Fsp3) is 0.429. The molecule has 1 saturated carbocycles. The molecule has 0 aliphatic heterocycles. The highest BCUT2D eigenvalue weighted by Gasteiger charge is 2.38. The molecule has 1 aliphatic rings. The van der Waals surface area contributed by atoms with Crippen molar-refractivity contribution in [3.63, 3.8) is 0 Å². The van der Waals surface area contributed by atoms with Gasteiger partial charge < -0.3 is 9.88 Å². The number of hydrogen-bond acceptors (Lipinski definition) is 4. The van der Waals surface area contributed by atoms with Crippen molar-refractivity contribution in [3.8, 4) is 11.3 Å². The second-order valence-electron chi connectivity index (χ2n) is 7.50. The first kappa shape index (κ1) is 19.7. The lowest BCUT2D eigenvalue weighted by Crippen LogP contribution is -2.29. The Balaban J connectivity index is 1.61. The van der Waals surface area contributed by atoms with Gasteiger partial charge in [-0.3, -0.25) is 0 Å². The summed E-state index contributed by atoms with van der Waals surface area (Å²) >= 11 is 14.1. The van der Waals surface area contributed by atoms with Crippen LogP contribution in [0.4, 0.5) is 5.13 Å². The molecule has 0 amide bonds. The predicted octanol–water partition coefficient (Wildman–Crippen LogP) is 6.54. The van der Waals surface area contributed by atoms with Gasteiger partial charge in [0.25, 0.3) is 0 Å². The molecule has 3 aromatic rings. The molecule has 1 fully saturated rings. The van der Waals surface area contributed by atoms with E-state index in [1.54, 1.807) is 17.4 Å². The van der Waals surface area contributed by atoms with Gasteiger partial charge in [0, 0.05) is 46.4 Å². The zero-order valence-electron chi connectivity index (χ0n) is 16.2. The van der Waals surface area contributed by atoms with E-state index in [-0.39, 0.29) is 0 Å². The van der Waals surface area contributed by atoms with Gasteiger partial charge in [-0.25, -0.2) is 9.97 Å². The normalized spacial score (nSPS) is 16.2. The third-order valence-corrected chi connectivity index (χ3v) is 6.94. The number of rotatable bonds is 7. The minimum absolute atomic E-state index is 0.321. The average Bonchev–Trinajstić information content (AvgIpc) is 3.30. The van der Waals surface area contributed by atoms with Gasteiger partial charge in [0.2, 0.25) is 0 Å². The van der Waals surface area contributed by atoms with Crippen LogP contribution in [0.3, 0.4) is 0 Å². The third kappa shape index (κ3) is 3.93. The first-order valence-electron chi connectivity index (χ1n) is 9.63. The summed E-state index contributed by atoms with van der Waals surface area (Å²) in [5.41, 5.74) is 3.15. The highest BCUT2D eigenvalue weighted by Crippen LogP contribution is 2.46. The highest BCUT2D eigenvalue weighted by atomic mass is 35.5. The lowest BCUT2D eigenvalue weighted by Gasteiger charge is -2.27. The quantitative estimate of drug-likeness (QED) is 0.458. The second-order valence-corrected chi connectivity index (χ2v) is 9.55. The molecule has 2 aromatic heterocycles. The Morgan fingerprint density at radius 2 is 2.11 bits per heavy atom. The van der Waals surface area contributed by atoms with Crippen LogP contribution in [0.1, 0.15) is 42.7 Å². The van der Waals surface area contributed by atoms with Crippen molar-refractivity contribution < 1.29 is 0 Å². The SMILES string of the molecule is CCC(Nc1nc(-c2ccc(Cl)cc2Cl)c(C)s1)C(c1cncn1C)C1CC1. The molecule has 2 atom stereocenters. The smallest absolute Gasteiger partial charge is 0.183 e. The van der Waals surface area contributed by atoms with E-state index in [1.807, 2.05) is 24.7 Å². The van der Waals surface area contributed by atoms with E-state index in [9.17, 15) is 0 Å². The third-order valence-electron chi connectivity index (χ3n) is 5.49. The Kier molecular flexibility index (Phi) is 5.68. The van der Waals surface area contributed by atoms with Gasteiger partial charge in [0.1, 0.15) is 0 Å². The lowest BCUT2D eigenvalue weighted by atomic mass is 9.89. The molecule has 4 rings (SSSR count). The maximum atomic E-state index is 6.41. The minimum Gasteiger partial charge on any atom is -0.358 e. The highest BCUT2D eigenvalue weighted by molar-refractivity contribution is 7.16. The van der Waals surface area contributed by atoms with E-state index in [0.29, 0.717) is 22.0 Å². The number of halogens is 2. The Hall–Kier alpha value is -1.56. The fourth-order valence-electron chi connectivity index (χ4n) is 3.91. The molecule has 7 heteroatoms. The van der Waals surface area contributed by atoms with Crippen LogP contribution in [0.25, 0.3) is 11.3 Å². The zero-order valence-corrected chi connectivity index (χ0v) is 18.6. The summed E-state index contributed by atoms with van der Waals surface area (Å²) in [5, 5.41) is 5.93. The van der Waals surface area contributed by atoms with E-state index in [4.69, 9.17) is 28.2 Å². The number of aromatic nitrogens is 3. The molecule has 0 bridgehead atoms. The summed E-state index contributed by atoms with van der Waals surface area (Å²) in [6.07, 6.45) is 7.51. The molecule has 1 aliphatic carbocycles. The van der Waals surface area contributed by atoms with Crippen LogP contribution >= 0.6 is 34.5 Å². The van der Waals surface area contributed by atoms with Crippen LogP contribution in [-0.4, -0.2) is 20.6 Å². The summed E-state index contributed by atoms with van der Waals surface area (Å²) in [6, 6.07) is 5.89. The Morgan fingerprint density at radius 1 is 1.32 bits per heavy atom. The predicted molar refractivity (Wildman–Crippen MR) is 119 cm³/mol. The first-order valence-corrected chi connectivity index (χ1v) is 11.2. The van der Waals surface area contributed by atoms with Crippen molar-refractivity contribution in [3.05, 3.63) is 51.3 Å². The van der Waals surface area contributed by atoms with Gasteiger partial charge in [-0.15, -0.1) is 11.3 Å². The van der Waals surface area contributed by atoms with E-state index < -0.39 is 0 Å². The summed E-state index contributed by atoms with van der Waals surface area (Å²) in [4.78, 5) is 10.4. The van der Waals surface area contributed by atoms with Gasteiger partial charge in [-0.05, 0) is 50.3 Å². The number of nitrogens with zero attached hydrogens (tertiary/aromatic N) is 3. The minimum atomic E-state index is 0.321. The molecular formula is C21H24Cl2N4S. The van der Waals surface area contributed by atoms with Crippen LogP contribution in [0.15, 0.2) is 30.7 Å². The monoisotopic (exact) mass is 434 g/mol. The standard InChI is InChI=1S/C21H24Cl2N4S/c1-4-17(19(13-5-6-13)18-10-24-11-27(18)3)25-21-26-20(12(2)28-21)15-8-7-14(22)9-16(15)23/h7-11,13,17,19H,4-6H2,1-3H3,(H,25,26). The van der Waals surface area contributed by atoms with E-state index in [2.05, 4.69) is 35.8 Å². The Labute approximate surface area is 179 Å². The van der Waals surface area contributed by atoms with Crippen LogP contribution in [0, 0.1) is 12.8 Å². The number of hydrogen-bond donors (Lipinski definition) is 1. The zero-order chi connectivity index (χ0) is 19.8. The second kappa shape index (κ2) is 8.05. The number of benzene rings is 1.